The van der Waals surface area contributed by atoms with Gasteiger partial charge in [0.2, 0.25) is 0 Å². The van der Waals surface area contributed by atoms with Gasteiger partial charge in [-0.3, -0.25) is 4.79 Å². The van der Waals surface area contributed by atoms with Crippen LogP contribution in [0.5, 0.6) is 0 Å². The van der Waals surface area contributed by atoms with Gasteiger partial charge in [0, 0.05) is 17.4 Å². The largest absolute Gasteiger partial charge is 0.352 e. The van der Waals surface area contributed by atoms with E-state index in [0.717, 1.165) is 25.3 Å². The van der Waals surface area contributed by atoms with Crippen molar-refractivity contribution in [2.45, 2.75) is 37.4 Å². The van der Waals surface area contributed by atoms with Gasteiger partial charge in [-0.15, -0.1) is 0 Å². The molecule has 1 amide bonds. The van der Waals surface area contributed by atoms with E-state index in [1.54, 1.807) is 0 Å². The third kappa shape index (κ3) is 3.57. The number of carbonyl (C=O) groups excluding carboxylic acids is 1. The molecule has 5 heteroatoms. The fourth-order valence-electron chi connectivity index (χ4n) is 2.54. The summed E-state index contributed by atoms with van der Waals surface area (Å²) in [5, 5.41) is 2.76. The quantitative estimate of drug-likeness (QED) is 0.825. The van der Waals surface area contributed by atoms with Crippen molar-refractivity contribution in [1.29, 1.82) is 0 Å². The number of carbonyl (C=O) groups is 1. The summed E-state index contributed by atoms with van der Waals surface area (Å²) in [4.78, 5) is 12.4. The molecule has 20 heavy (non-hydrogen) atoms. The molecule has 1 aliphatic rings. The Labute approximate surface area is 126 Å². The van der Waals surface area contributed by atoms with Crippen LogP contribution in [0.1, 0.15) is 41.6 Å². The van der Waals surface area contributed by atoms with Gasteiger partial charge in [-0.05, 0) is 37.3 Å². The Morgan fingerprint density at radius 2 is 2.00 bits per heavy atom. The van der Waals surface area contributed by atoms with Gasteiger partial charge in [0.15, 0.2) is 0 Å². The first-order valence-corrected chi connectivity index (χ1v) is 7.78. The molecule has 1 aromatic carbocycles. The molecule has 0 saturated heterocycles. The molecule has 0 aromatic heterocycles. The van der Waals surface area contributed by atoms with Crippen LogP contribution >= 0.6 is 15.9 Å². The minimum atomic E-state index is -0.815. The van der Waals surface area contributed by atoms with Crippen molar-refractivity contribution in [2.75, 3.05) is 6.54 Å². The molecule has 2 rings (SSSR count). The molecule has 110 valence electrons. The van der Waals surface area contributed by atoms with Crippen molar-refractivity contribution >= 4 is 21.8 Å². The Kier molecular flexibility index (Phi) is 5.13. The first-order valence-electron chi connectivity index (χ1n) is 6.87. The van der Waals surface area contributed by atoms with Crippen LogP contribution in [0.4, 0.5) is 8.78 Å². The molecule has 2 unspecified atom stereocenters. The first kappa shape index (κ1) is 15.4. The number of nitrogens with one attached hydrogen (secondary N) is 1. The third-order valence-electron chi connectivity index (χ3n) is 3.83. The molecular formula is C15H18BrF2NO. The van der Waals surface area contributed by atoms with Crippen molar-refractivity contribution in [3.63, 3.8) is 0 Å². The van der Waals surface area contributed by atoms with Crippen molar-refractivity contribution in [1.82, 2.24) is 5.32 Å². The number of alkyl halides is 1. The van der Waals surface area contributed by atoms with Gasteiger partial charge in [-0.1, -0.05) is 28.8 Å². The second-order valence-corrected chi connectivity index (χ2v) is 6.53. The predicted octanol–water partition coefficient (Wildman–Crippen LogP) is 3.96. The highest BCUT2D eigenvalue weighted by Crippen LogP contribution is 2.29. The summed E-state index contributed by atoms with van der Waals surface area (Å²) in [7, 11) is 0. The Morgan fingerprint density at radius 1 is 1.30 bits per heavy atom. The summed E-state index contributed by atoms with van der Waals surface area (Å²) >= 11 is 3.62. The lowest BCUT2D eigenvalue weighted by Crippen LogP contribution is -2.35. The van der Waals surface area contributed by atoms with Crippen LogP contribution in [0.3, 0.4) is 0 Å². The number of halogens is 3. The van der Waals surface area contributed by atoms with Crippen LogP contribution in [0, 0.1) is 24.5 Å². The zero-order valence-electron chi connectivity index (χ0n) is 11.4. The number of amides is 1. The lowest BCUT2D eigenvalue weighted by atomic mass is 9.89. The average molecular weight is 346 g/mol. The van der Waals surface area contributed by atoms with Gasteiger partial charge in [0.25, 0.3) is 5.91 Å². The summed E-state index contributed by atoms with van der Waals surface area (Å²) in [5.74, 6) is -1.55. The highest BCUT2D eigenvalue weighted by Gasteiger charge is 2.23. The van der Waals surface area contributed by atoms with Crippen LogP contribution in [-0.4, -0.2) is 17.3 Å². The monoisotopic (exact) mass is 345 g/mol. The van der Waals surface area contributed by atoms with E-state index in [1.807, 2.05) is 0 Å². The van der Waals surface area contributed by atoms with Crippen LogP contribution in [0.15, 0.2) is 12.1 Å². The van der Waals surface area contributed by atoms with E-state index in [9.17, 15) is 13.6 Å². The molecule has 2 nitrogen and oxygen atoms in total. The highest BCUT2D eigenvalue weighted by atomic mass is 79.9. The van der Waals surface area contributed by atoms with E-state index in [1.165, 1.54) is 19.4 Å². The zero-order valence-corrected chi connectivity index (χ0v) is 13.0. The molecule has 0 radical (unpaired) electrons. The number of hydrogen-bond donors (Lipinski definition) is 1. The van der Waals surface area contributed by atoms with Crippen LogP contribution < -0.4 is 5.32 Å². The maximum absolute atomic E-state index is 13.6. The molecule has 0 aliphatic heterocycles. The molecule has 2 atom stereocenters. The van der Waals surface area contributed by atoms with Crippen molar-refractivity contribution in [2.24, 2.45) is 5.92 Å². The second kappa shape index (κ2) is 6.66. The van der Waals surface area contributed by atoms with Crippen molar-refractivity contribution in [3.05, 3.63) is 34.9 Å². The summed E-state index contributed by atoms with van der Waals surface area (Å²) in [6.07, 6.45) is 4.52. The van der Waals surface area contributed by atoms with Gasteiger partial charge < -0.3 is 5.32 Å². The standard InChI is InChI=1S/C15H18BrF2NO/c1-9-6-11(14(18)7-13(9)17)15(20)19-8-10-4-2-3-5-12(10)16/h6-7,10,12H,2-5,8H2,1H3,(H,19,20). The number of aryl methyl sites for hydroxylation is 1. The fourth-order valence-corrected chi connectivity index (χ4v) is 3.32. The normalized spacial score (nSPS) is 22.6. The Balaban J connectivity index is 2.00. The fraction of sp³-hybridized carbons (Fsp3) is 0.533. The number of benzene rings is 1. The minimum absolute atomic E-state index is 0.0918. The van der Waals surface area contributed by atoms with Gasteiger partial charge in [-0.25, -0.2) is 8.78 Å². The average Bonchev–Trinajstić information content (AvgIpc) is 2.41. The van der Waals surface area contributed by atoms with Crippen LogP contribution in [0.2, 0.25) is 0 Å². The maximum atomic E-state index is 13.6. The zero-order chi connectivity index (χ0) is 14.7. The summed E-state index contributed by atoms with van der Waals surface area (Å²) in [5.41, 5.74) is 0.179. The van der Waals surface area contributed by atoms with E-state index in [0.29, 0.717) is 17.3 Å². The van der Waals surface area contributed by atoms with Gasteiger partial charge >= 0.3 is 0 Å². The molecule has 1 aliphatic carbocycles. The van der Waals surface area contributed by atoms with E-state index in [4.69, 9.17) is 0 Å². The number of rotatable bonds is 3. The topological polar surface area (TPSA) is 29.1 Å². The molecule has 1 aromatic rings. The van der Waals surface area contributed by atoms with E-state index in [-0.39, 0.29) is 11.1 Å². The summed E-state index contributed by atoms with van der Waals surface area (Å²) in [6.45, 7) is 2.03. The van der Waals surface area contributed by atoms with Gasteiger partial charge in [-0.2, -0.15) is 0 Å². The SMILES string of the molecule is Cc1cc(C(=O)NCC2CCCCC2Br)c(F)cc1F. The van der Waals surface area contributed by atoms with Crippen LogP contribution in [-0.2, 0) is 0 Å². The van der Waals surface area contributed by atoms with Crippen molar-refractivity contribution in [3.8, 4) is 0 Å². The van der Waals surface area contributed by atoms with Gasteiger partial charge in [0.1, 0.15) is 11.6 Å². The molecule has 1 saturated carbocycles. The third-order valence-corrected chi connectivity index (χ3v) is 5.04. The maximum Gasteiger partial charge on any atom is 0.254 e. The van der Waals surface area contributed by atoms with Crippen molar-refractivity contribution < 1.29 is 13.6 Å². The summed E-state index contributed by atoms with van der Waals surface area (Å²) < 4.78 is 26.8. The lowest BCUT2D eigenvalue weighted by Gasteiger charge is -2.27. The van der Waals surface area contributed by atoms with E-state index in [2.05, 4.69) is 21.2 Å². The summed E-state index contributed by atoms with van der Waals surface area (Å²) in [6, 6.07) is 2.02. The smallest absolute Gasteiger partial charge is 0.254 e. The molecule has 0 bridgehead atoms. The highest BCUT2D eigenvalue weighted by molar-refractivity contribution is 9.09. The first-order chi connectivity index (χ1) is 9.49. The Morgan fingerprint density at radius 3 is 2.70 bits per heavy atom. The predicted molar refractivity (Wildman–Crippen MR) is 78.1 cm³/mol. The molecule has 1 fully saturated rings. The molecule has 0 heterocycles. The lowest BCUT2D eigenvalue weighted by molar-refractivity contribution is 0.0940. The molecular weight excluding hydrogens is 328 g/mol. The van der Waals surface area contributed by atoms with E-state index >= 15 is 0 Å². The molecule has 1 N–H and O–H groups in total. The number of hydrogen-bond acceptors (Lipinski definition) is 1. The second-order valence-electron chi connectivity index (χ2n) is 5.35. The minimum Gasteiger partial charge on any atom is -0.352 e. The van der Waals surface area contributed by atoms with E-state index < -0.39 is 17.5 Å². The molecule has 0 spiro atoms. The Bertz CT molecular complexity index is 507. The van der Waals surface area contributed by atoms with Gasteiger partial charge in [0.05, 0.1) is 5.56 Å². The Hall–Kier alpha value is -0.970. The van der Waals surface area contributed by atoms with Crippen LogP contribution in [0.25, 0.3) is 0 Å².